The summed E-state index contributed by atoms with van der Waals surface area (Å²) >= 11 is 0. The highest BCUT2D eigenvalue weighted by Crippen LogP contribution is 2.32. The van der Waals surface area contributed by atoms with E-state index >= 15 is 0 Å². The summed E-state index contributed by atoms with van der Waals surface area (Å²) in [6, 6.07) is 14.3. The summed E-state index contributed by atoms with van der Waals surface area (Å²) in [7, 11) is 0. The number of carbonyl (C=O) groups excluding carboxylic acids is 1. The van der Waals surface area contributed by atoms with Gasteiger partial charge in [-0.15, -0.1) is 0 Å². The summed E-state index contributed by atoms with van der Waals surface area (Å²) in [6.45, 7) is 4.44. The molecule has 1 atom stereocenters. The van der Waals surface area contributed by atoms with E-state index in [0.29, 0.717) is 23.9 Å². The maximum absolute atomic E-state index is 12.9. The fraction of sp³-hybridized carbons (Fsp3) is 0.174. The molecule has 0 fully saturated rings. The number of aromatic nitrogens is 2. The van der Waals surface area contributed by atoms with Gasteiger partial charge in [0.05, 0.1) is 18.8 Å². The number of hydrogen-bond donors (Lipinski definition) is 3. The maximum atomic E-state index is 12.9. The fourth-order valence-electron chi connectivity index (χ4n) is 3.39. The van der Waals surface area contributed by atoms with E-state index in [1.165, 1.54) is 6.20 Å². The molecule has 158 valence electrons. The predicted octanol–water partition coefficient (Wildman–Crippen LogP) is 3.83. The molecule has 0 spiro atoms. The lowest BCUT2D eigenvalue weighted by molar-refractivity contribution is -0.132. The van der Waals surface area contributed by atoms with Gasteiger partial charge in [-0.3, -0.25) is 4.79 Å². The highest BCUT2D eigenvalue weighted by molar-refractivity contribution is 6.08. The molecule has 3 N–H and O–H groups in total. The Hall–Kier alpha value is -4.07. The van der Waals surface area contributed by atoms with Crippen LogP contribution in [0.25, 0.3) is 0 Å². The van der Waals surface area contributed by atoms with Crippen LogP contribution in [0.1, 0.15) is 34.5 Å². The smallest absolute Gasteiger partial charge is 0.352 e. The van der Waals surface area contributed by atoms with E-state index in [2.05, 4.69) is 15.7 Å². The Morgan fingerprint density at radius 3 is 2.52 bits per heavy atom. The Morgan fingerprint density at radius 1 is 1.16 bits per heavy atom. The number of nitrogens with zero attached hydrogens (tertiary/aromatic N) is 2. The number of nitrogens with one attached hydrogen (secondary N) is 2. The number of carboxylic acids is 1. The molecule has 2 heterocycles. The SMILES string of the molecule is CCOc1ccc(NC(=O)c2cnn3c2NC(C(=O)O)=C[C@H]3c2ccc(C)cc2)cc1. The van der Waals surface area contributed by atoms with Gasteiger partial charge in [0.15, 0.2) is 0 Å². The van der Waals surface area contributed by atoms with Crippen molar-refractivity contribution in [1.29, 1.82) is 0 Å². The van der Waals surface area contributed by atoms with E-state index in [0.717, 1.165) is 11.1 Å². The Morgan fingerprint density at radius 2 is 1.87 bits per heavy atom. The number of carbonyl (C=O) groups is 2. The first kappa shape index (κ1) is 20.2. The van der Waals surface area contributed by atoms with Gasteiger partial charge in [-0.1, -0.05) is 29.8 Å². The first-order chi connectivity index (χ1) is 15.0. The molecule has 1 aliphatic rings. The number of fused-ring (bicyclic) bond motifs is 1. The van der Waals surface area contributed by atoms with Gasteiger partial charge in [0.2, 0.25) is 0 Å². The molecule has 4 rings (SSSR count). The minimum atomic E-state index is -1.11. The zero-order valence-corrected chi connectivity index (χ0v) is 17.1. The van der Waals surface area contributed by atoms with Crippen LogP contribution in [0.2, 0.25) is 0 Å². The number of ether oxygens (including phenoxy) is 1. The minimum absolute atomic E-state index is 0.00584. The Kier molecular flexibility index (Phi) is 5.44. The quantitative estimate of drug-likeness (QED) is 0.562. The van der Waals surface area contributed by atoms with Crippen molar-refractivity contribution in [2.75, 3.05) is 17.2 Å². The zero-order chi connectivity index (χ0) is 22.0. The second-order valence-electron chi connectivity index (χ2n) is 7.13. The van der Waals surface area contributed by atoms with Crippen LogP contribution in [-0.2, 0) is 4.79 Å². The van der Waals surface area contributed by atoms with Gasteiger partial charge in [-0.25, -0.2) is 9.48 Å². The lowest BCUT2D eigenvalue weighted by atomic mass is 10.0. The van der Waals surface area contributed by atoms with Crippen molar-refractivity contribution in [3.8, 4) is 5.75 Å². The number of carboxylic acid groups (broad SMARTS) is 1. The third kappa shape index (κ3) is 4.13. The molecular formula is C23H22N4O4. The fourth-order valence-corrected chi connectivity index (χ4v) is 3.39. The van der Waals surface area contributed by atoms with Gasteiger partial charge in [0.25, 0.3) is 5.91 Å². The van der Waals surface area contributed by atoms with Gasteiger partial charge < -0.3 is 20.5 Å². The lowest BCUT2D eigenvalue weighted by Gasteiger charge is -2.24. The molecule has 1 aromatic heterocycles. The number of amides is 1. The number of aliphatic carboxylic acids is 1. The topological polar surface area (TPSA) is 105 Å². The number of benzene rings is 2. The van der Waals surface area contributed by atoms with Crippen LogP contribution < -0.4 is 15.4 Å². The number of hydrogen-bond acceptors (Lipinski definition) is 5. The van der Waals surface area contributed by atoms with Crippen molar-refractivity contribution < 1.29 is 19.4 Å². The molecule has 0 radical (unpaired) electrons. The van der Waals surface area contributed by atoms with E-state index in [9.17, 15) is 14.7 Å². The summed E-state index contributed by atoms with van der Waals surface area (Å²) in [5, 5.41) is 19.6. The number of allylic oxidation sites excluding steroid dienone is 1. The molecular weight excluding hydrogens is 396 g/mol. The van der Waals surface area contributed by atoms with E-state index in [-0.39, 0.29) is 11.3 Å². The average Bonchev–Trinajstić information content (AvgIpc) is 3.19. The number of aryl methyl sites for hydroxylation is 1. The minimum Gasteiger partial charge on any atom is -0.494 e. The van der Waals surface area contributed by atoms with Crippen LogP contribution in [0, 0.1) is 6.92 Å². The van der Waals surface area contributed by atoms with Crippen molar-refractivity contribution in [2.45, 2.75) is 19.9 Å². The molecule has 2 aromatic carbocycles. The molecule has 8 heteroatoms. The number of rotatable bonds is 6. The number of anilines is 2. The molecule has 0 saturated heterocycles. The van der Waals surface area contributed by atoms with E-state index < -0.39 is 17.9 Å². The first-order valence-corrected chi connectivity index (χ1v) is 9.86. The standard InChI is InChI=1S/C23H22N4O4/c1-3-31-17-10-8-16(9-11-17)25-22(28)18-13-24-27-20(15-6-4-14(2)5-7-15)12-19(23(29)30)26-21(18)27/h4-13,20,26H,3H2,1-2H3,(H,25,28)(H,29,30)/t20-/m0/s1. The van der Waals surface area contributed by atoms with E-state index in [4.69, 9.17) is 4.74 Å². The Labute approximate surface area is 179 Å². The third-order valence-corrected chi connectivity index (χ3v) is 4.95. The van der Waals surface area contributed by atoms with Crippen molar-refractivity contribution in [3.05, 3.63) is 83.2 Å². The molecule has 0 unspecified atom stereocenters. The molecule has 1 aliphatic heterocycles. The molecule has 31 heavy (non-hydrogen) atoms. The summed E-state index contributed by atoms with van der Waals surface area (Å²) in [6.07, 6.45) is 3.02. The van der Waals surface area contributed by atoms with E-state index in [1.54, 1.807) is 35.0 Å². The van der Waals surface area contributed by atoms with Crippen LogP contribution in [0.15, 0.2) is 66.5 Å². The van der Waals surface area contributed by atoms with E-state index in [1.807, 2.05) is 38.1 Å². The molecule has 0 bridgehead atoms. The first-order valence-electron chi connectivity index (χ1n) is 9.86. The van der Waals surface area contributed by atoms with Crippen LogP contribution in [0.3, 0.4) is 0 Å². The predicted molar refractivity (Wildman–Crippen MR) is 116 cm³/mol. The highest BCUT2D eigenvalue weighted by atomic mass is 16.5. The summed E-state index contributed by atoms with van der Waals surface area (Å²) in [4.78, 5) is 24.6. The van der Waals surface area contributed by atoms with Gasteiger partial charge >= 0.3 is 5.97 Å². The molecule has 0 saturated carbocycles. The van der Waals surface area contributed by atoms with Crippen molar-refractivity contribution >= 4 is 23.4 Å². The van der Waals surface area contributed by atoms with Gasteiger partial charge in [0.1, 0.15) is 22.8 Å². The average molecular weight is 418 g/mol. The summed E-state index contributed by atoms with van der Waals surface area (Å²) in [5.74, 6) is -0.467. The van der Waals surface area contributed by atoms with Gasteiger partial charge in [-0.2, -0.15) is 5.10 Å². The molecule has 8 nitrogen and oxygen atoms in total. The van der Waals surface area contributed by atoms with Crippen molar-refractivity contribution in [2.24, 2.45) is 0 Å². The van der Waals surface area contributed by atoms with Crippen molar-refractivity contribution in [1.82, 2.24) is 9.78 Å². The van der Waals surface area contributed by atoms with Crippen LogP contribution >= 0.6 is 0 Å². The molecule has 1 amide bonds. The second kappa shape index (κ2) is 8.35. The molecule has 3 aromatic rings. The highest BCUT2D eigenvalue weighted by Gasteiger charge is 2.29. The van der Waals surface area contributed by atoms with Crippen LogP contribution in [-0.4, -0.2) is 33.4 Å². The second-order valence-corrected chi connectivity index (χ2v) is 7.13. The largest absolute Gasteiger partial charge is 0.494 e. The summed E-state index contributed by atoms with van der Waals surface area (Å²) < 4.78 is 7.03. The van der Waals surface area contributed by atoms with Crippen LogP contribution in [0.5, 0.6) is 5.75 Å². The third-order valence-electron chi connectivity index (χ3n) is 4.95. The Balaban J connectivity index is 1.64. The van der Waals surface area contributed by atoms with Gasteiger partial charge in [0, 0.05) is 5.69 Å². The summed E-state index contributed by atoms with van der Waals surface area (Å²) in [5.41, 5.74) is 2.80. The monoisotopic (exact) mass is 418 g/mol. The van der Waals surface area contributed by atoms with Crippen LogP contribution in [0.4, 0.5) is 11.5 Å². The maximum Gasteiger partial charge on any atom is 0.352 e. The Bertz CT molecular complexity index is 1150. The van der Waals surface area contributed by atoms with Gasteiger partial charge in [-0.05, 0) is 49.8 Å². The normalized spacial score (nSPS) is 14.8. The van der Waals surface area contributed by atoms with Crippen molar-refractivity contribution in [3.63, 3.8) is 0 Å². The molecule has 0 aliphatic carbocycles. The lowest BCUT2D eigenvalue weighted by Crippen LogP contribution is -2.25. The zero-order valence-electron chi connectivity index (χ0n) is 17.1.